The van der Waals surface area contributed by atoms with E-state index in [2.05, 4.69) is 39.0 Å². The van der Waals surface area contributed by atoms with Gasteiger partial charge >= 0.3 is 0 Å². The topological polar surface area (TPSA) is 31.6 Å². The van der Waals surface area contributed by atoms with Crippen LogP contribution in [-0.4, -0.2) is 14.2 Å². The predicted molar refractivity (Wildman–Crippen MR) is 105 cm³/mol. The van der Waals surface area contributed by atoms with Gasteiger partial charge in [-0.2, -0.15) is 0 Å². The molecule has 0 aliphatic carbocycles. The van der Waals surface area contributed by atoms with Gasteiger partial charge in [-0.1, -0.05) is 23.3 Å². The molecule has 25 heavy (non-hydrogen) atoms. The van der Waals surface area contributed by atoms with Crippen molar-refractivity contribution < 1.29 is 13.9 Å². The first kappa shape index (κ1) is 19.2. The van der Waals surface area contributed by atoms with E-state index in [0.29, 0.717) is 5.75 Å². The number of methoxy groups -OCH3 is 2. The molecule has 2 rings (SSSR count). The maximum Gasteiger partial charge on any atom is 0.164 e. The molecule has 1 aromatic carbocycles. The van der Waals surface area contributed by atoms with Crippen molar-refractivity contribution >= 4 is 11.0 Å². The van der Waals surface area contributed by atoms with Crippen LogP contribution in [0.5, 0.6) is 11.5 Å². The van der Waals surface area contributed by atoms with E-state index in [1.165, 1.54) is 11.1 Å². The van der Waals surface area contributed by atoms with Crippen LogP contribution < -0.4 is 9.47 Å². The Kier molecular flexibility index (Phi) is 7.17. The molecule has 3 heteroatoms. The Morgan fingerprint density at radius 3 is 2.36 bits per heavy atom. The molecule has 0 aliphatic rings. The monoisotopic (exact) mass is 342 g/mol. The summed E-state index contributed by atoms with van der Waals surface area (Å²) in [5.74, 6) is 2.45. The van der Waals surface area contributed by atoms with Crippen molar-refractivity contribution in [3.63, 3.8) is 0 Å². The van der Waals surface area contributed by atoms with Crippen molar-refractivity contribution in [3.8, 4) is 11.5 Å². The molecular formula is C22H30O3. The van der Waals surface area contributed by atoms with Crippen molar-refractivity contribution in [2.75, 3.05) is 14.2 Å². The predicted octanol–water partition coefficient (Wildman–Crippen LogP) is 6.47. The molecule has 136 valence electrons. The highest BCUT2D eigenvalue weighted by Crippen LogP contribution is 2.34. The van der Waals surface area contributed by atoms with Crippen LogP contribution in [0, 0.1) is 0 Å². The third-order valence-electron chi connectivity index (χ3n) is 4.28. The van der Waals surface area contributed by atoms with E-state index in [0.717, 1.165) is 54.6 Å². The lowest BCUT2D eigenvalue weighted by Gasteiger charge is -2.06. The Bertz CT molecular complexity index is 705. The molecule has 0 aliphatic heterocycles. The number of rotatable bonds is 9. The molecule has 0 spiro atoms. The number of unbranched alkanes of at least 4 members (excludes halogenated alkanes) is 1. The van der Waals surface area contributed by atoms with Gasteiger partial charge in [0.1, 0.15) is 11.3 Å². The molecule has 2 aromatic rings. The first-order chi connectivity index (χ1) is 12.0. The lowest BCUT2D eigenvalue weighted by Crippen LogP contribution is -1.89. The number of aryl methyl sites for hydroxylation is 1. The maximum atomic E-state index is 5.94. The fourth-order valence-corrected chi connectivity index (χ4v) is 2.86. The third-order valence-corrected chi connectivity index (χ3v) is 4.28. The molecule has 0 unspecified atom stereocenters. The molecule has 0 bridgehead atoms. The number of hydrogen-bond acceptors (Lipinski definition) is 3. The minimum absolute atomic E-state index is 0.700. The van der Waals surface area contributed by atoms with E-state index in [4.69, 9.17) is 13.9 Å². The molecule has 0 saturated heterocycles. The van der Waals surface area contributed by atoms with Crippen LogP contribution in [-0.2, 0) is 6.42 Å². The average molecular weight is 342 g/mol. The SMILES string of the molecule is COc1cc2cc(CCCC=C(C)CCC=C(C)C)oc2cc1OC. The molecule has 1 heterocycles. The van der Waals surface area contributed by atoms with Crippen LogP contribution in [0.25, 0.3) is 11.0 Å². The standard InChI is InChI=1S/C22H30O3/c1-16(2)9-8-11-17(3)10-6-7-12-19-13-18-14-21(23-4)22(24-5)15-20(18)25-19/h9-10,13-15H,6-8,11-12H2,1-5H3. The van der Waals surface area contributed by atoms with Gasteiger partial charge in [-0.25, -0.2) is 0 Å². The van der Waals surface area contributed by atoms with Gasteiger partial charge < -0.3 is 13.9 Å². The molecule has 0 N–H and O–H groups in total. The van der Waals surface area contributed by atoms with Gasteiger partial charge in [-0.3, -0.25) is 0 Å². The quantitative estimate of drug-likeness (QED) is 0.387. The Hall–Kier alpha value is -2.16. The second-order valence-corrected chi connectivity index (χ2v) is 6.72. The maximum absolute atomic E-state index is 5.94. The van der Waals surface area contributed by atoms with E-state index in [9.17, 15) is 0 Å². The highest BCUT2D eigenvalue weighted by atomic mass is 16.5. The first-order valence-electron chi connectivity index (χ1n) is 8.97. The minimum atomic E-state index is 0.700. The number of ether oxygens (including phenoxy) is 2. The number of benzene rings is 1. The van der Waals surface area contributed by atoms with Crippen molar-refractivity contribution in [1.82, 2.24) is 0 Å². The van der Waals surface area contributed by atoms with E-state index in [1.807, 2.05) is 12.1 Å². The van der Waals surface area contributed by atoms with Crippen LogP contribution in [0.4, 0.5) is 0 Å². The molecular weight excluding hydrogens is 312 g/mol. The summed E-state index contributed by atoms with van der Waals surface area (Å²) >= 11 is 0. The van der Waals surface area contributed by atoms with E-state index >= 15 is 0 Å². The minimum Gasteiger partial charge on any atom is -0.493 e. The molecule has 0 radical (unpaired) electrons. The fourth-order valence-electron chi connectivity index (χ4n) is 2.86. The number of furan rings is 1. The number of allylic oxidation sites excluding steroid dienone is 4. The lowest BCUT2D eigenvalue weighted by molar-refractivity contribution is 0.355. The largest absolute Gasteiger partial charge is 0.493 e. The van der Waals surface area contributed by atoms with Gasteiger partial charge in [0.2, 0.25) is 0 Å². The smallest absolute Gasteiger partial charge is 0.164 e. The summed E-state index contributed by atoms with van der Waals surface area (Å²) in [7, 11) is 3.29. The van der Waals surface area contributed by atoms with E-state index in [1.54, 1.807) is 14.2 Å². The molecule has 0 atom stereocenters. The van der Waals surface area contributed by atoms with Gasteiger partial charge in [0, 0.05) is 17.9 Å². The second-order valence-electron chi connectivity index (χ2n) is 6.72. The van der Waals surface area contributed by atoms with Gasteiger partial charge in [-0.15, -0.1) is 0 Å². The van der Waals surface area contributed by atoms with Crippen molar-refractivity contribution in [2.24, 2.45) is 0 Å². The third kappa shape index (κ3) is 5.70. The van der Waals surface area contributed by atoms with E-state index in [-0.39, 0.29) is 0 Å². The van der Waals surface area contributed by atoms with Crippen molar-refractivity contribution in [1.29, 1.82) is 0 Å². The normalized spacial score (nSPS) is 11.6. The molecule has 1 aromatic heterocycles. The van der Waals surface area contributed by atoms with E-state index < -0.39 is 0 Å². The van der Waals surface area contributed by atoms with Crippen LogP contribution >= 0.6 is 0 Å². The molecule has 3 nitrogen and oxygen atoms in total. The van der Waals surface area contributed by atoms with Crippen LogP contribution in [0.15, 0.2) is 45.9 Å². The second kappa shape index (κ2) is 9.36. The van der Waals surface area contributed by atoms with Crippen LogP contribution in [0.2, 0.25) is 0 Å². The summed E-state index contributed by atoms with van der Waals surface area (Å²) in [6.07, 6.45) is 10.1. The van der Waals surface area contributed by atoms with Crippen molar-refractivity contribution in [3.05, 3.63) is 47.3 Å². The number of hydrogen-bond donors (Lipinski definition) is 0. The number of fused-ring (bicyclic) bond motifs is 1. The van der Waals surface area contributed by atoms with Crippen molar-refractivity contribution in [2.45, 2.75) is 52.9 Å². The van der Waals surface area contributed by atoms with Crippen LogP contribution in [0.1, 0.15) is 52.2 Å². The molecule has 0 amide bonds. The van der Waals surface area contributed by atoms with Gasteiger partial charge in [0.15, 0.2) is 11.5 Å². The highest BCUT2D eigenvalue weighted by molar-refractivity contribution is 5.82. The highest BCUT2D eigenvalue weighted by Gasteiger charge is 2.10. The molecule has 0 saturated carbocycles. The lowest BCUT2D eigenvalue weighted by atomic mass is 10.1. The van der Waals surface area contributed by atoms with Gasteiger partial charge in [-0.05, 0) is 58.6 Å². The summed E-state index contributed by atoms with van der Waals surface area (Å²) in [5, 5.41) is 1.06. The zero-order valence-corrected chi connectivity index (χ0v) is 16.1. The summed E-state index contributed by atoms with van der Waals surface area (Å²) in [5.41, 5.74) is 3.71. The van der Waals surface area contributed by atoms with Crippen LogP contribution in [0.3, 0.4) is 0 Å². The zero-order chi connectivity index (χ0) is 18.2. The zero-order valence-electron chi connectivity index (χ0n) is 16.1. The summed E-state index contributed by atoms with van der Waals surface area (Å²) in [6.45, 7) is 6.52. The summed E-state index contributed by atoms with van der Waals surface area (Å²) < 4.78 is 16.6. The average Bonchev–Trinajstić information content (AvgIpc) is 2.98. The Labute approximate surface area is 151 Å². The fraction of sp³-hybridized carbons (Fsp3) is 0.455. The Morgan fingerprint density at radius 2 is 1.68 bits per heavy atom. The van der Waals surface area contributed by atoms with Gasteiger partial charge in [0.25, 0.3) is 0 Å². The Morgan fingerprint density at radius 1 is 0.960 bits per heavy atom. The first-order valence-corrected chi connectivity index (χ1v) is 8.97. The van der Waals surface area contributed by atoms with Gasteiger partial charge in [0.05, 0.1) is 14.2 Å². The molecule has 0 fully saturated rings. The summed E-state index contributed by atoms with van der Waals surface area (Å²) in [6, 6.07) is 5.96. The summed E-state index contributed by atoms with van der Waals surface area (Å²) in [4.78, 5) is 0. The Balaban J connectivity index is 1.89.